The lowest BCUT2D eigenvalue weighted by Gasteiger charge is -2.21. The van der Waals surface area contributed by atoms with Crippen LogP contribution in [0.4, 0.5) is 0 Å². The molecule has 28 heavy (non-hydrogen) atoms. The summed E-state index contributed by atoms with van der Waals surface area (Å²) in [6.07, 6.45) is 6.74. The van der Waals surface area contributed by atoms with Gasteiger partial charge in [-0.25, -0.2) is 4.79 Å². The van der Waals surface area contributed by atoms with Crippen molar-refractivity contribution < 1.29 is 18.7 Å². The fourth-order valence-electron chi connectivity index (χ4n) is 3.56. The van der Waals surface area contributed by atoms with Crippen molar-refractivity contribution in [3.63, 3.8) is 0 Å². The van der Waals surface area contributed by atoms with E-state index in [1.807, 2.05) is 30.3 Å². The summed E-state index contributed by atoms with van der Waals surface area (Å²) in [7, 11) is 0. The lowest BCUT2D eigenvalue weighted by molar-refractivity contribution is -0.152. The quantitative estimate of drug-likeness (QED) is 0.601. The van der Waals surface area contributed by atoms with E-state index in [0.29, 0.717) is 22.3 Å². The average Bonchev–Trinajstić information content (AvgIpc) is 2.74. The lowest BCUT2D eigenvalue weighted by Crippen LogP contribution is -2.24. The minimum Gasteiger partial charge on any atom is -0.482 e. The van der Waals surface area contributed by atoms with E-state index in [4.69, 9.17) is 13.9 Å². The van der Waals surface area contributed by atoms with Gasteiger partial charge in [0.1, 0.15) is 23.7 Å². The normalized spacial score (nSPS) is 14.7. The van der Waals surface area contributed by atoms with Crippen LogP contribution in [-0.2, 0) is 9.53 Å². The maximum Gasteiger partial charge on any atom is 0.344 e. The zero-order valence-corrected chi connectivity index (χ0v) is 15.6. The van der Waals surface area contributed by atoms with Crippen LogP contribution in [0.5, 0.6) is 5.75 Å². The minimum atomic E-state index is -0.368. The van der Waals surface area contributed by atoms with Crippen LogP contribution in [0.2, 0.25) is 0 Å². The Labute approximate surface area is 162 Å². The number of carbonyl (C=O) groups is 1. The highest BCUT2D eigenvalue weighted by Crippen LogP contribution is 2.24. The van der Waals surface area contributed by atoms with Crippen molar-refractivity contribution in [2.24, 2.45) is 0 Å². The van der Waals surface area contributed by atoms with Gasteiger partial charge in [-0.3, -0.25) is 4.79 Å². The molecule has 0 N–H and O–H groups in total. The van der Waals surface area contributed by atoms with Crippen molar-refractivity contribution in [2.45, 2.75) is 38.2 Å². The third-order valence-electron chi connectivity index (χ3n) is 5.04. The predicted octanol–water partition coefficient (Wildman–Crippen LogP) is 4.71. The van der Waals surface area contributed by atoms with Crippen LogP contribution in [0.25, 0.3) is 22.1 Å². The molecule has 0 saturated heterocycles. The van der Waals surface area contributed by atoms with Gasteiger partial charge in [0.05, 0.1) is 10.9 Å². The molecule has 0 unspecified atom stereocenters. The smallest absolute Gasteiger partial charge is 0.344 e. The summed E-state index contributed by atoms with van der Waals surface area (Å²) in [6, 6.07) is 14.3. The Morgan fingerprint density at radius 1 is 1.04 bits per heavy atom. The van der Waals surface area contributed by atoms with Crippen molar-refractivity contribution in [1.29, 1.82) is 0 Å². The van der Waals surface area contributed by atoms with E-state index in [1.165, 1.54) is 12.7 Å². The molecule has 3 aromatic rings. The van der Waals surface area contributed by atoms with Crippen molar-refractivity contribution in [3.8, 4) is 16.9 Å². The molecular weight excluding hydrogens is 356 g/mol. The predicted molar refractivity (Wildman–Crippen MR) is 106 cm³/mol. The van der Waals surface area contributed by atoms with Crippen LogP contribution in [0.15, 0.2) is 64.0 Å². The van der Waals surface area contributed by atoms with Crippen molar-refractivity contribution in [1.82, 2.24) is 0 Å². The second-order valence-corrected chi connectivity index (χ2v) is 7.04. The van der Waals surface area contributed by atoms with Gasteiger partial charge >= 0.3 is 5.97 Å². The molecule has 0 radical (unpaired) electrons. The summed E-state index contributed by atoms with van der Waals surface area (Å²) in [4.78, 5) is 24.7. The van der Waals surface area contributed by atoms with Gasteiger partial charge in [-0.2, -0.15) is 0 Å². The first-order valence-corrected chi connectivity index (χ1v) is 9.64. The fourth-order valence-corrected chi connectivity index (χ4v) is 3.56. The van der Waals surface area contributed by atoms with Crippen LogP contribution in [0.1, 0.15) is 32.1 Å². The van der Waals surface area contributed by atoms with Crippen LogP contribution < -0.4 is 10.2 Å². The Hall–Kier alpha value is -3.08. The number of fused-ring (bicyclic) bond motifs is 1. The third-order valence-corrected chi connectivity index (χ3v) is 5.04. The van der Waals surface area contributed by atoms with Gasteiger partial charge < -0.3 is 13.9 Å². The fraction of sp³-hybridized carbons (Fsp3) is 0.304. The summed E-state index contributed by atoms with van der Waals surface area (Å²) < 4.78 is 16.6. The molecule has 2 aromatic carbocycles. The number of hydrogen-bond acceptors (Lipinski definition) is 5. The van der Waals surface area contributed by atoms with Gasteiger partial charge in [-0.05, 0) is 43.4 Å². The van der Waals surface area contributed by atoms with E-state index in [2.05, 4.69) is 0 Å². The topological polar surface area (TPSA) is 65.7 Å². The van der Waals surface area contributed by atoms with Gasteiger partial charge in [0.15, 0.2) is 12.0 Å². The molecule has 1 saturated carbocycles. The average molecular weight is 378 g/mol. The molecule has 4 rings (SSSR count). The molecule has 0 amide bonds. The summed E-state index contributed by atoms with van der Waals surface area (Å²) in [5.74, 6) is 0.0941. The number of rotatable bonds is 5. The lowest BCUT2D eigenvalue weighted by atomic mass is 9.98. The van der Waals surface area contributed by atoms with E-state index in [-0.39, 0.29) is 24.1 Å². The van der Waals surface area contributed by atoms with E-state index < -0.39 is 0 Å². The van der Waals surface area contributed by atoms with Crippen LogP contribution in [0.3, 0.4) is 0 Å². The Bertz CT molecular complexity index is 1020. The summed E-state index contributed by atoms with van der Waals surface area (Å²) in [5, 5.41) is 0.471. The molecule has 5 heteroatoms. The highest BCUT2D eigenvalue weighted by molar-refractivity contribution is 5.82. The molecule has 144 valence electrons. The van der Waals surface area contributed by atoms with Crippen molar-refractivity contribution in [2.75, 3.05) is 6.61 Å². The molecular formula is C23H22O5. The molecule has 0 spiro atoms. The summed E-state index contributed by atoms with van der Waals surface area (Å²) in [5.41, 5.74) is 1.64. The van der Waals surface area contributed by atoms with E-state index in [0.717, 1.165) is 31.2 Å². The Morgan fingerprint density at radius 2 is 1.82 bits per heavy atom. The first-order valence-electron chi connectivity index (χ1n) is 9.64. The number of benzene rings is 2. The SMILES string of the molecule is O=C(COc1ccc2c(=O)c(-c3ccccc3)coc2c1)OC1CCCCC1. The second kappa shape index (κ2) is 8.30. The van der Waals surface area contributed by atoms with Gasteiger partial charge in [-0.15, -0.1) is 0 Å². The third kappa shape index (κ3) is 4.09. The molecule has 1 aromatic heterocycles. The Balaban J connectivity index is 1.46. The molecule has 1 aliphatic carbocycles. The minimum absolute atomic E-state index is 0.0101. The zero-order valence-electron chi connectivity index (χ0n) is 15.6. The highest BCUT2D eigenvalue weighted by atomic mass is 16.6. The number of esters is 1. The maximum atomic E-state index is 12.8. The monoisotopic (exact) mass is 378 g/mol. The molecule has 0 bridgehead atoms. The van der Waals surface area contributed by atoms with Gasteiger partial charge in [-0.1, -0.05) is 36.8 Å². The van der Waals surface area contributed by atoms with Crippen LogP contribution in [-0.4, -0.2) is 18.7 Å². The first kappa shape index (κ1) is 18.3. The van der Waals surface area contributed by atoms with E-state index in [9.17, 15) is 9.59 Å². The highest BCUT2D eigenvalue weighted by Gasteiger charge is 2.18. The molecule has 5 nitrogen and oxygen atoms in total. The largest absolute Gasteiger partial charge is 0.482 e. The maximum absolute atomic E-state index is 12.8. The van der Waals surface area contributed by atoms with Gasteiger partial charge in [0.2, 0.25) is 0 Å². The van der Waals surface area contributed by atoms with Crippen LogP contribution in [0, 0.1) is 0 Å². The number of hydrogen-bond donors (Lipinski definition) is 0. The molecule has 0 aliphatic heterocycles. The summed E-state index contributed by atoms with van der Waals surface area (Å²) >= 11 is 0. The first-order chi connectivity index (χ1) is 13.7. The Kier molecular flexibility index (Phi) is 5.42. The van der Waals surface area contributed by atoms with Gasteiger partial charge in [0.25, 0.3) is 0 Å². The molecule has 1 heterocycles. The zero-order chi connectivity index (χ0) is 19.3. The van der Waals surface area contributed by atoms with Crippen LogP contribution >= 0.6 is 0 Å². The Morgan fingerprint density at radius 3 is 2.61 bits per heavy atom. The van der Waals surface area contributed by atoms with E-state index in [1.54, 1.807) is 18.2 Å². The molecule has 1 fully saturated rings. The summed E-state index contributed by atoms with van der Waals surface area (Å²) in [6.45, 7) is -0.158. The number of ether oxygens (including phenoxy) is 2. The van der Waals surface area contributed by atoms with Gasteiger partial charge in [0, 0.05) is 6.07 Å². The van der Waals surface area contributed by atoms with E-state index >= 15 is 0 Å². The number of carbonyl (C=O) groups excluding carboxylic acids is 1. The molecule has 1 aliphatic rings. The molecule has 0 atom stereocenters. The standard InChI is InChI=1S/C23H22O5/c24-22(28-17-9-5-2-6-10-17)15-26-18-11-12-19-21(13-18)27-14-20(23(19)25)16-7-3-1-4-8-16/h1,3-4,7-8,11-14,17H,2,5-6,9-10,15H2. The second-order valence-electron chi connectivity index (χ2n) is 7.04. The van der Waals surface area contributed by atoms with Crippen molar-refractivity contribution in [3.05, 3.63) is 65.0 Å². The van der Waals surface area contributed by atoms with Crippen molar-refractivity contribution >= 4 is 16.9 Å².